The minimum absolute atomic E-state index is 0.687. The summed E-state index contributed by atoms with van der Waals surface area (Å²) in [5.74, 6) is 0.819. The Balaban J connectivity index is 2.26. The Bertz CT molecular complexity index is 784. The highest BCUT2D eigenvalue weighted by molar-refractivity contribution is 7.71. The van der Waals surface area contributed by atoms with E-state index in [1.807, 2.05) is 22.8 Å². The van der Waals surface area contributed by atoms with Gasteiger partial charge in [0.15, 0.2) is 4.77 Å². The molecule has 0 amide bonds. The van der Waals surface area contributed by atoms with Crippen molar-refractivity contribution in [3.8, 4) is 11.4 Å². The van der Waals surface area contributed by atoms with E-state index >= 15 is 0 Å². The number of aryl methyl sites for hydroxylation is 1. The normalized spacial score (nSPS) is 10.8. The van der Waals surface area contributed by atoms with Crippen molar-refractivity contribution in [2.75, 3.05) is 7.11 Å². The van der Waals surface area contributed by atoms with Crippen LogP contribution in [0.3, 0.4) is 0 Å². The summed E-state index contributed by atoms with van der Waals surface area (Å²) in [5, 5.41) is 0. The molecule has 0 saturated carbocycles. The predicted octanol–water partition coefficient (Wildman–Crippen LogP) is 4.01. The number of methoxy groups -OCH3 is 1. The quantitative estimate of drug-likeness (QED) is 0.713. The Kier molecular flexibility index (Phi) is 2.87. The number of hydrogen-bond acceptors (Lipinski definition) is 2. The second kappa shape index (κ2) is 4.55. The van der Waals surface area contributed by atoms with Crippen molar-refractivity contribution < 1.29 is 4.74 Å². The van der Waals surface area contributed by atoms with E-state index in [1.165, 1.54) is 5.56 Å². The third-order valence-electron chi connectivity index (χ3n) is 3.18. The number of fused-ring (bicyclic) bond motifs is 1. The van der Waals surface area contributed by atoms with Crippen molar-refractivity contribution in [3.63, 3.8) is 0 Å². The summed E-state index contributed by atoms with van der Waals surface area (Å²) >= 11 is 5.41. The first-order chi connectivity index (χ1) is 9.19. The number of nitrogens with one attached hydrogen (secondary N) is 1. The molecule has 0 atom stereocenters. The van der Waals surface area contributed by atoms with Gasteiger partial charge in [0.05, 0.1) is 18.1 Å². The van der Waals surface area contributed by atoms with Gasteiger partial charge < -0.3 is 9.72 Å². The molecule has 19 heavy (non-hydrogen) atoms. The van der Waals surface area contributed by atoms with E-state index in [1.54, 1.807) is 7.11 Å². The first kappa shape index (κ1) is 12.0. The number of rotatable bonds is 2. The number of hydrogen-bond donors (Lipinski definition) is 1. The van der Waals surface area contributed by atoms with E-state index in [0.29, 0.717) is 4.77 Å². The largest absolute Gasteiger partial charge is 0.497 e. The monoisotopic (exact) mass is 270 g/mol. The fourth-order valence-corrected chi connectivity index (χ4v) is 2.48. The number of nitrogens with zero attached hydrogens (tertiary/aromatic N) is 1. The lowest BCUT2D eigenvalue weighted by molar-refractivity contribution is 0.415. The summed E-state index contributed by atoms with van der Waals surface area (Å²) in [5.41, 5.74) is 4.32. The van der Waals surface area contributed by atoms with E-state index in [2.05, 4.69) is 36.2 Å². The molecule has 0 radical (unpaired) electrons. The smallest absolute Gasteiger partial charge is 0.182 e. The van der Waals surface area contributed by atoms with Gasteiger partial charge in [-0.1, -0.05) is 17.7 Å². The molecule has 1 aromatic heterocycles. The van der Waals surface area contributed by atoms with Crippen LogP contribution in [0.2, 0.25) is 0 Å². The Hall–Kier alpha value is -2.07. The molecule has 2 aromatic carbocycles. The maximum Gasteiger partial charge on any atom is 0.182 e. The maximum atomic E-state index is 5.41. The molecule has 0 aliphatic rings. The first-order valence-corrected chi connectivity index (χ1v) is 6.45. The van der Waals surface area contributed by atoms with Gasteiger partial charge in [0, 0.05) is 11.8 Å². The van der Waals surface area contributed by atoms with E-state index in [4.69, 9.17) is 17.0 Å². The van der Waals surface area contributed by atoms with Gasteiger partial charge in [0.2, 0.25) is 0 Å². The van der Waals surface area contributed by atoms with Crippen molar-refractivity contribution >= 4 is 23.3 Å². The summed E-state index contributed by atoms with van der Waals surface area (Å²) in [6.07, 6.45) is 0. The van der Waals surface area contributed by atoms with Gasteiger partial charge in [-0.2, -0.15) is 0 Å². The van der Waals surface area contributed by atoms with Crippen molar-refractivity contribution in [2.45, 2.75) is 6.92 Å². The van der Waals surface area contributed by atoms with Crippen molar-refractivity contribution in [2.24, 2.45) is 0 Å². The van der Waals surface area contributed by atoms with Gasteiger partial charge >= 0.3 is 0 Å². The zero-order chi connectivity index (χ0) is 13.4. The van der Waals surface area contributed by atoms with Crippen molar-refractivity contribution in [3.05, 3.63) is 52.8 Å². The minimum atomic E-state index is 0.687. The second-order valence-corrected chi connectivity index (χ2v) is 4.87. The first-order valence-electron chi connectivity index (χ1n) is 6.05. The lowest BCUT2D eigenvalue weighted by atomic mass is 10.2. The maximum absolute atomic E-state index is 5.41. The molecular formula is C15H14N2OS. The van der Waals surface area contributed by atoms with Crippen LogP contribution in [0.1, 0.15) is 5.56 Å². The van der Waals surface area contributed by atoms with Crippen LogP contribution in [0.15, 0.2) is 42.5 Å². The van der Waals surface area contributed by atoms with Crippen LogP contribution in [0.4, 0.5) is 0 Å². The second-order valence-electron chi connectivity index (χ2n) is 4.48. The van der Waals surface area contributed by atoms with Crippen molar-refractivity contribution in [1.82, 2.24) is 9.55 Å². The fraction of sp³-hybridized carbons (Fsp3) is 0.133. The molecule has 0 unspecified atom stereocenters. The summed E-state index contributed by atoms with van der Waals surface area (Å²) in [4.78, 5) is 3.21. The summed E-state index contributed by atoms with van der Waals surface area (Å²) in [7, 11) is 1.66. The molecule has 96 valence electrons. The zero-order valence-electron chi connectivity index (χ0n) is 10.8. The van der Waals surface area contributed by atoms with Gasteiger partial charge in [-0.25, -0.2) is 0 Å². The molecule has 0 spiro atoms. The lowest BCUT2D eigenvalue weighted by Crippen LogP contribution is -1.93. The van der Waals surface area contributed by atoms with E-state index in [9.17, 15) is 0 Å². The number of benzene rings is 2. The molecule has 0 bridgehead atoms. The molecule has 1 N–H and O–H groups in total. The minimum Gasteiger partial charge on any atom is -0.497 e. The standard InChI is InChI=1S/C15H14N2OS/c1-10-3-5-11(6-4-10)17-14-8-7-12(18-2)9-13(14)16-15(17)19/h3-9H,1-2H3,(H,16,19). The van der Waals surface area contributed by atoms with E-state index < -0.39 is 0 Å². The van der Waals surface area contributed by atoms with Crippen LogP contribution in [-0.2, 0) is 0 Å². The molecular weight excluding hydrogens is 256 g/mol. The van der Waals surface area contributed by atoms with E-state index in [-0.39, 0.29) is 0 Å². The summed E-state index contributed by atoms with van der Waals surface area (Å²) < 4.78 is 7.95. The number of aromatic nitrogens is 2. The summed E-state index contributed by atoms with van der Waals surface area (Å²) in [6.45, 7) is 2.07. The molecule has 0 saturated heterocycles. The lowest BCUT2D eigenvalue weighted by Gasteiger charge is -2.05. The Labute approximate surface area is 116 Å². The molecule has 0 fully saturated rings. The molecule has 0 aliphatic carbocycles. The predicted molar refractivity (Wildman–Crippen MR) is 79.7 cm³/mol. The fourth-order valence-electron chi connectivity index (χ4n) is 2.17. The Morgan fingerprint density at radius 3 is 2.53 bits per heavy atom. The van der Waals surface area contributed by atoms with Gasteiger partial charge in [-0.15, -0.1) is 0 Å². The highest BCUT2D eigenvalue weighted by Gasteiger charge is 2.07. The van der Waals surface area contributed by atoms with Crippen LogP contribution in [0, 0.1) is 11.7 Å². The topological polar surface area (TPSA) is 29.9 Å². The number of aromatic amines is 1. The SMILES string of the molecule is COc1ccc2c(c1)[nH]c(=S)n2-c1ccc(C)cc1. The molecule has 1 heterocycles. The van der Waals surface area contributed by atoms with Gasteiger partial charge in [0.25, 0.3) is 0 Å². The average molecular weight is 270 g/mol. The average Bonchev–Trinajstić information content (AvgIpc) is 2.74. The van der Waals surface area contributed by atoms with Crippen molar-refractivity contribution in [1.29, 1.82) is 0 Å². The Morgan fingerprint density at radius 2 is 1.84 bits per heavy atom. The van der Waals surface area contributed by atoms with Crippen LogP contribution in [0.25, 0.3) is 16.7 Å². The van der Waals surface area contributed by atoms with Crippen LogP contribution in [0.5, 0.6) is 5.75 Å². The molecule has 3 rings (SSSR count). The molecule has 3 aromatic rings. The molecule has 0 aliphatic heterocycles. The zero-order valence-corrected chi connectivity index (χ0v) is 11.6. The number of ether oxygens (including phenoxy) is 1. The van der Waals surface area contributed by atoms with E-state index in [0.717, 1.165) is 22.5 Å². The van der Waals surface area contributed by atoms with Crippen LogP contribution in [-0.4, -0.2) is 16.7 Å². The van der Waals surface area contributed by atoms with Gasteiger partial charge in [-0.05, 0) is 43.4 Å². The van der Waals surface area contributed by atoms with Gasteiger partial charge in [-0.3, -0.25) is 4.57 Å². The Morgan fingerprint density at radius 1 is 1.11 bits per heavy atom. The third-order valence-corrected chi connectivity index (χ3v) is 3.47. The van der Waals surface area contributed by atoms with Gasteiger partial charge in [0.1, 0.15) is 5.75 Å². The molecule has 4 heteroatoms. The highest BCUT2D eigenvalue weighted by atomic mass is 32.1. The highest BCUT2D eigenvalue weighted by Crippen LogP contribution is 2.23. The van der Waals surface area contributed by atoms with Crippen LogP contribution < -0.4 is 4.74 Å². The third kappa shape index (κ3) is 2.04. The number of imidazole rings is 1. The number of H-pyrrole nitrogens is 1. The van der Waals surface area contributed by atoms with Crippen LogP contribution >= 0.6 is 12.2 Å². The molecule has 3 nitrogen and oxygen atoms in total. The summed E-state index contributed by atoms with van der Waals surface area (Å²) in [6, 6.07) is 14.2.